The molecule has 0 saturated carbocycles. The standard InChI is InChI=1S/C28H33FN4O5/c1-27(2,3)23-22(16-33(32-23)26(36)37)18-9-13-20(14-10-18)31-24(34)21(17-7-11-19(29)12-8-17)15-30-25(35)38-28(4,5)6/h7-14,16,21H,15H2,1-6H3,(H,30,35)(H,31,34)(H,36,37). The molecule has 0 aliphatic carbocycles. The fourth-order valence-corrected chi connectivity index (χ4v) is 3.76. The second-order valence-corrected chi connectivity index (χ2v) is 10.9. The van der Waals surface area contributed by atoms with Crippen LogP contribution in [0, 0.1) is 5.82 Å². The molecule has 3 rings (SSSR count). The van der Waals surface area contributed by atoms with Crippen LogP contribution in [0.25, 0.3) is 11.1 Å². The summed E-state index contributed by atoms with van der Waals surface area (Å²) in [7, 11) is 0. The van der Waals surface area contributed by atoms with Crippen molar-refractivity contribution in [3.05, 3.63) is 71.8 Å². The number of carbonyl (C=O) groups excluding carboxylic acids is 2. The normalized spacial score (nSPS) is 12.5. The number of halogens is 1. The molecule has 0 saturated heterocycles. The van der Waals surface area contributed by atoms with Crippen molar-refractivity contribution in [3.63, 3.8) is 0 Å². The second-order valence-electron chi connectivity index (χ2n) is 10.9. The van der Waals surface area contributed by atoms with E-state index in [0.717, 1.165) is 10.2 Å². The minimum atomic E-state index is -1.18. The van der Waals surface area contributed by atoms with Gasteiger partial charge in [0, 0.05) is 29.4 Å². The smallest absolute Gasteiger partial charge is 0.432 e. The van der Waals surface area contributed by atoms with Crippen LogP contribution in [-0.4, -0.2) is 45.1 Å². The van der Waals surface area contributed by atoms with E-state index in [4.69, 9.17) is 4.74 Å². The number of anilines is 1. The first-order valence-corrected chi connectivity index (χ1v) is 12.1. The Hall–Kier alpha value is -4.21. The Kier molecular flexibility index (Phi) is 8.24. The maximum Gasteiger partial charge on any atom is 0.432 e. The van der Waals surface area contributed by atoms with Gasteiger partial charge in [-0.1, -0.05) is 45.0 Å². The lowest BCUT2D eigenvalue weighted by Crippen LogP contribution is -2.37. The second kappa shape index (κ2) is 11.0. The van der Waals surface area contributed by atoms with Crippen molar-refractivity contribution in [2.24, 2.45) is 0 Å². The van der Waals surface area contributed by atoms with Gasteiger partial charge >= 0.3 is 12.2 Å². The van der Waals surface area contributed by atoms with E-state index >= 15 is 0 Å². The molecule has 0 bridgehead atoms. The van der Waals surface area contributed by atoms with Crippen LogP contribution in [0.3, 0.4) is 0 Å². The Bertz CT molecular complexity index is 1300. The van der Waals surface area contributed by atoms with E-state index in [2.05, 4.69) is 15.7 Å². The number of carbonyl (C=O) groups is 3. The van der Waals surface area contributed by atoms with E-state index in [9.17, 15) is 23.9 Å². The lowest BCUT2D eigenvalue weighted by Gasteiger charge is -2.22. The van der Waals surface area contributed by atoms with Crippen molar-refractivity contribution >= 4 is 23.8 Å². The predicted molar refractivity (Wildman–Crippen MR) is 142 cm³/mol. The number of ether oxygens (including phenoxy) is 1. The number of amides is 2. The molecule has 0 fully saturated rings. The van der Waals surface area contributed by atoms with E-state index in [1.165, 1.54) is 30.5 Å². The molecule has 0 aliphatic rings. The van der Waals surface area contributed by atoms with E-state index < -0.39 is 40.8 Å². The summed E-state index contributed by atoms with van der Waals surface area (Å²) < 4.78 is 19.6. The Morgan fingerprint density at radius 2 is 1.61 bits per heavy atom. The zero-order valence-electron chi connectivity index (χ0n) is 22.3. The number of carboxylic acid groups (broad SMARTS) is 1. The average Bonchev–Trinajstić information content (AvgIpc) is 3.26. The highest BCUT2D eigenvalue weighted by Gasteiger charge is 2.26. The number of aromatic nitrogens is 2. The van der Waals surface area contributed by atoms with Crippen LogP contribution < -0.4 is 10.6 Å². The van der Waals surface area contributed by atoms with Gasteiger partial charge in [0.25, 0.3) is 0 Å². The number of nitrogens with zero attached hydrogens (tertiary/aromatic N) is 2. The first kappa shape index (κ1) is 28.4. The zero-order chi connectivity index (χ0) is 28.3. The monoisotopic (exact) mass is 524 g/mol. The number of hydrogen-bond donors (Lipinski definition) is 3. The minimum Gasteiger partial charge on any atom is -0.463 e. The first-order valence-electron chi connectivity index (χ1n) is 12.1. The number of alkyl carbamates (subject to hydrolysis) is 1. The van der Waals surface area contributed by atoms with Gasteiger partial charge in [-0.15, -0.1) is 0 Å². The summed E-state index contributed by atoms with van der Waals surface area (Å²) in [5.74, 6) is -1.66. The maximum absolute atomic E-state index is 13.5. The summed E-state index contributed by atoms with van der Waals surface area (Å²) in [4.78, 5) is 36.9. The van der Waals surface area contributed by atoms with E-state index in [0.29, 0.717) is 22.5 Å². The lowest BCUT2D eigenvalue weighted by atomic mass is 9.87. The maximum atomic E-state index is 13.5. The number of hydrogen-bond acceptors (Lipinski definition) is 5. The number of benzene rings is 2. The van der Waals surface area contributed by atoms with Crippen LogP contribution >= 0.6 is 0 Å². The van der Waals surface area contributed by atoms with Crippen LogP contribution in [0.15, 0.2) is 54.7 Å². The largest absolute Gasteiger partial charge is 0.463 e. The SMILES string of the molecule is CC(C)(C)OC(=O)NCC(C(=O)Nc1ccc(-c2cn(C(=O)O)nc2C(C)(C)C)cc1)c1ccc(F)cc1. The van der Waals surface area contributed by atoms with Crippen LogP contribution in [0.1, 0.15) is 58.7 Å². The van der Waals surface area contributed by atoms with Crippen LogP contribution in [0.2, 0.25) is 0 Å². The van der Waals surface area contributed by atoms with Crippen molar-refractivity contribution in [1.82, 2.24) is 15.1 Å². The van der Waals surface area contributed by atoms with Crippen molar-refractivity contribution in [2.45, 2.75) is 58.5 Å². The van der Waals surface area contributed by atoms with Crippen LogP contribution in [0.5, 0.6) is 0 Å². The summed E-state index contributed by atoms with van der Waals surface area (Å²) in [5.41, 5.74) is 1.95. The van der Waals surface area contributed by atoms with Gasteiger partial charge in [0.05, 0.1) is 11.6 Å². The van der Waals surface area contributed by atoms with Gasteiger partial charge in [0.15, 0.2) is 0 Å². The first-order chi connectivity index (χ1) is 17.6. The summed E-state index contributed by atoms with van der Waals surface area (Å²) >= 11 is 0. The van der Waals surface area contributed by atoms with Gasteiger partial charge in [-0.25, -0.2) is 14.0 Å². The molecule has 3 N–H and O–H groups in total. The molecule has 0 spiro atoms. The summed E-state index contributed by atoms with van der Waals surface area (Å²) in [6, 6.07) is 12.4. The minimum absolute atomic E-state index is 0.0617. The summed E-state index contributed by atoms with van der Waals surface area (Å²) in [6.07, 6.45) is -0.389. The molecule has 1 unspecified atom stereocenters. The van der Waals surface area contributed by atoms with Gasteiger partial charge < -0.3 is 20.5 Å². The third kappa shape index (κ3) is 7.41. The van der Waals surface area contributed by atoms with Gasteiger partial charge in [0.1, 0.15) is 11.4 Å². The molecule has 9 nitrogen and oxygen atoms in total. The average molecular weight is 525 g/mol. The molecule has 1 heterocycles. The van der Waals surface area contributed by atoms with Crippen molar-refractivity contribution in [1.29, 1.82) is 0 Å². The molecular weight excluding hydrogens is 491 g/mol. The molecular formula is C28H33FN4O5. The Labute approximate surface area is 221 Å². The summed E-state index contributed by atoms with van der Waals surface area (Å²) in [5, 5.41) is 19.0. The van der Waals surface area contributed by atoms with Crippen molar-refractivity contribution in [2.75, 3.05) is 11.9 Å². The van der Waals surface area contributed by atoms with Gasteiger partial charge in [0.2, 0.25) is 5.91 Å². The molecule has 2 amide bonds. The molecule has 0 aliphatic heterocycles. The third-order valence-electron chi connectivity index (χ3n) is 5.52. The highest BCUT2D eigenvalue weighted by atomic mass is 19.1. The Balaban J connectivity index is 1.81. The molecule has 3 aromatic rings. The van der Waals surface area contributed by atoms with Crippen LogP contribution in [0.4, 0.5) is 19.7 Å². The Morgan fingerprint density at radius 1 is 1.00 bits per heavy atom. The Morgan fingerprint density at radius 3 is 2.13 bits per heavy atom. The van der Waals surface area contributed by atoms with E-state index in [-0.39, 0.29) is 6.54 Å². The molecule has 202 valence electrons. The molecule has 1 atom stereocenters. The highest BCUT2D eigenvalue weighted by molar-refractivity contribution is 5.96. The molecule has 38 heavy (non-hydrogen) atoms. The molecule has 2 aromatic carbocycles. The van der Waals surface area contributed by atoms with Crippen LogP contribution in [-0.2, 0) is 14.9 Å². The predicted octanol–water partition coefficient (Wildman–Crippen LogP) is 5.76. The van der Waals surface area contributed by atoms with Crippen molar-refractivity contribution < 1.29 is 28.6 Å². The topological polar surface area (TPSA) is 123 Å². The fraction of sp³-hybridized carbons (Fsp3) is 0.357. The highest BCUT2D eigenvalue weighted by Crippen LogP contribution is 2.32. The van der Waals surface area contributed by atoms with Gasteiger partial charge in [-0.05, 0) is 56.2 Å². The lowest BCUT2D eigenvalue weighted by molar-refractivity contribution is -0.117. The number of rotatable bonds is 6. The quantitative estimate of drug-likeness (QED) is 0.377. The van der Waals surface area contributed by atoms with Gasteiger partial charge in [-0.2, -0.15) is 9.78 Å². The third-order valence-corrected chi connectivity index (χ3v) is 5.52. The fourth-order valence-electron chi connectivity index (χ4n) is 3.76. The number of nitrogens with one attached hydrogen (secondary N) is 2. The van der Waals surface area contributed by atoms with Crippen molar-refractivity contribution in [3.8, 4) is 11.1 Å². The molecule has 0 radical (unpaired) electrons. The van der Waals surface area contributed by atoms with E-state index in [1.807, 2.05) is 20.8 Å². The zero-order valence-corrected chi connectivity index (χ0v) is 22.3. The summed E-state index contributed by atoms with van der Waals surface area (Å²) in [6.45, 7) is 11.0. The molecule has 10 heteroatoms. The van der Waals surface area contributed by atoms with Gasteiger partial charge in [-0.3, -0.25) is 4.79 Å². The molecule has 1 aromatic heterocycles. The van der Waals surface area contributed by atoms with E-state index in [1.54, 1.807) is 45.0 Å².